The monoisotopic (exact) mass is 317 g/mol. The first-order valence-electron chi connectivity index (χ1n) is 9.79. The Hall–Kier alpha value is -1.60. The molecule has 2 aromatic carbocycles. The highest BCUT2D eigenvalue weighted by Crippen LogP contribution is 2.55. The van der Waals surface area contributed by atoms with Gasteiger partial charge in [0.25, 0.3) is 0 Å². The molecule has 0 radical (unpaired) electrons. The van der Waals surface area contributed by atoms with Gasteiger partial charge in [-0.2, -0.15) is 0 Å². The Labute approximate surface area is 145 Å². The largest absolute Gasteiger partial charge is 0.286 e. The van der Waals surface area contributed by atoms with Gasteiger partial charge < -0.3 is 0 Å². The van der Waals surface area contributed by atoms with Crippen LogP contribution in [-0.2, 0) is 0 Å². The minimum atomic E-state index is 0.610. The van der Waals surface area contributed by atoms with Gasteiger partial charge in [0, 0.05) is 18.1 Å². The summed E-state index contributed by atoms with van der Waals surface area (Å²) in [4.78, 5) is 2.96. The van der Waals surface area contributed by atoms with Gasteiger partial charge >= 0.3 is 0 Å². The van der Waals surface area contributed by atoms with Crippen molar-refractivity contribution in [2.24, 2.45) is 11.8 Å². The number of hydrogen-bond donors (Lipinski definition) is 0. The fourth-order valence-electron chi connectivity index (χ4n) is 5.97. The molecule has 124 valence electrons. The van der Waals surface area contributed by atoms with E-state index in [9.17, 15) is 0 Å². The molecule has 1 heteroatoms. The van der Waals surface area contributed by atoms with E-state index in [2.05, 4.69) is 65.6 Å². The van der Waals surface area contributed by atoms with Crippen LogP contribution >= 0.6 is 0 Å². The Kier molecular flexibility index (Phi) is 3.70. The van der Waals surface area contributed by atoms with Gasteiger partial charge in [0.15, 0.2) is 0 Å². The van der Waals surface area contributed by atoms with Crippen LogP contribution in [0.2, 0.25) is 0 Å². The van der Waals surface area contributed by atoms with E-state index in [1.165, 1.54) is 49.7 Å². The van der Waals surface area contributed by atoms with Crippen LogP contribution in [-0.4, -0.2) is 10.9 Å². The minimum Gasteiger partial charge on any atom is -0.286 e. The highest BCUT2D eigenvalue weighted by Gasteiger charge is 2.50. The summed E-state index contributed by atoms with van der Waals surface area (Å²) in [5.74, 6) is 1.89. The molecule has 3 fully saturated rings. The van der Waals surface area contributed by atoms with Crippen LogP contribution in [0.4, 0.5) is 0 Å². The molecule has 2 saturated heterocycles. The third-order valence-corrected chi connectivity index (χ3v) is 6.93. The van der Waals surface area contributed by atoms with Gasteiger partial charge in [0.2, 0.25) is 0 Å². The Morgan fingerprint density at radius 3 is 1.42 bits per heavy atom. The van der Waals surface area contributed by atoms with Crippen LogP contribution < -0.4 is 0 Å². The van der Waals surface area contributed by atoms with Crippen LogP contribution in [0.15, 0.2) is 60.7 Å². The maximum atomic E-state index is 2.96. The van der Waals surface area contributed by atoms with Crippen LogP contribution in [0.1, 0.15) is 61.7 Å². The summed E-state index contributed by atoms with van der Waals surface area (Å²) in [5.41, 5.74) is 3.06. The molecule has 5 rings (SSSR count). The summed E-state index contributed by atoms with van der Waals surface area (Å²) in [7, 11) is 0. The summed E-state index contributed by atoms with van der Waals surface area (Å²) >= 11 is 0. The van der Waals surface area contributed by atoms with E-state index >= 15 is 0 Å². The van der Waals surface area contributed by atoms with Crippen molar-refractivity contribution in [2.45, 2.75) is 56.7 Å². The van der Waals surface area contributed by atoms with E-state index in [0.717, 1.165) is 17.9 Å². The van der Waals surface area contributed by atoms with E-state index in [-0.39, 0.29) is 0 Å². The second-order valence-electron chi connectivity index (χ2n) is 8.04. The molecule has 0 N–H and O–H groups in total. The Morgan fingerprint density at radius 1 is 0.542 bits per heavy atom. The van der Waals surface area contributed by atoms with Crippen LogP contribution in [0.25, 0.3) is 0 Å². The molecule has 3 aliphatic rings. The molecule has 2 heterocycles. The number of benzene rings is 2. The topological polar surface area (TPSA) is 3.24 Å². The fourth-order valence-corrected chi connectivity index (χ4v) is 5.97. The molecular formula is C23H27N. The van der Waals surface area contributed by atoms with Crippen LogP contribution in [0, 0.1) is 11.8 Å². The summed E-state index contributed by atoms with van der Waals surface area (Å²) in [6.07, 6.45) is 8.46. The quantitative estimate of drug-likeness (QED) is 0.681. The van der Waals surface area contributed by atoms with Gasteiger partial charge in [-0.3, -0.25) is 4.90 Å². The lowest BCUT2D eigenvalue weighted by Crippen LogP contribution is -2.52. The molecule has 1 nitrogen and oxygen atoms in total. The SMILES string of the molecule is c1ccc([C@H]2CC[C@H]3CC[C@@H]4CC[C@@H](c5ccccc5)N2C34)cc1. The molecule has 1 unspecified atom stereocenters. The molecule has 1 saturated carbocycles. The standard InChI is InChI=1S/C23H27N/c1-3-7-17(8-4-1)21-15-13-19-11-12-20-14-16-22(24(21)23(19)20)18-9-5-2-6-10-18/h1-10,19-23H,11-16H2/t19-,20-,21-,22+,23?/m1/s1. The summed E-state index contributed by atoms with van der Waals surface area (Å²) < 4.78 is 0. The number of hydrogen-bond acceptors (Lipinski definition) is 1. The molecule has 2 aromatic rings. The van der Waals surface area contributed by atoms with Gasteiger partial charge in [0.1, 0.15) is 0 Å². The predicted molar refractivity (Wildman–Crippen MR) is 98.7 cm³/mol. The molecule has 0 spiro atoms. The lowest BCUT2D eigenvalue weighted by molar-refractivity contribution is -0.0388. The molecule has 0 bridgehead atoms. The zero-order chi connectivity index (χ0) is 15.9. The maximum Gasteiger partial charge on any atom is 0.0357 e. The van der Waals surface area contributed by atoms with Gasteiger partial charge in [-0.1, -0.05) is 60.7 Å². The second-order valence-corrected chi connectivity index (χ2v) is 8.04. The third-order valence-electron chi connectivity index (χ3n) is 6.93. The average Bonchev–Trinajstić information content (AvgIpc) is 3.08. The van der Waals surface area contributed by atoms with Gasteiger partial charge in [0.05, 0.1) is 0 Å². The third kappa shape index (κ3) is 2.33. The normalized spacial score (nSPS) is 35.6. The van der Waals surface area contributed by atoms with Gasteiger partial charge in [-0.15, -0.1) is 0 Å². The van der Waals surface area contributed by atoms with Crippen molar-refractivity contribution in [2.75, 3.05) is 0 Å². The number of rotatable bonds is 2. The summed E-state index contributed by atoms with van der Waals surface area (Å²) in [5, 5.41) is 0. The lowest BCUT2D eigenvalue weighted by Gasteiger charge is -2.53. The van der Waals surface area contributed by atoms with E-state index in [1.807, 2.05) is 0 Å². The summed E-state index contributed by atoms with van der Waals surface area (Å²) in [6.45, 7) is 0. The number of piperidine rings is 2. The van der Waals surface area contributed by atoms with Crippen molar-refractivity contribution >= 4 is 0 Å². The van der Waals surface area contributed by atoms with Crippen molar-refractivity contribution in [3.8, 4) is 0 Å². The Balaban J connectivity index is 1.57. The first kappa shape index (κ1) is 14.7. The Morgan fingerprint density at radius 2 is 0.958 bits per heavy atom. The maximum absolute atomic E-state index is 2.96. The minimum absolute atomic E-state index is 0.610. The van der Waals surface area contributed by atoms with E-state index < -0.39 is 0 Å². The molecule has 1 aliphatic carbocycles. The van der Waals surface area contributed by atoms with Crippen LogP contribution in [0.3, 0.4) is 0 Å². The van der Waals surface area contributed by atoms with Gasteiger partial charge in [-0.25, -0.2) is 0 Å². The van der Waals surface area contributed by atoms with Crippen molar-refractivity contribution in [1.29, 1.82) is 0 Å². The zero-order valence-corrected chi connectivity index (χ0v) is 14.4. The predicted octanol–water partition coefficient (Wildman–Crippen LogP) is 5.75. The van der Waals surface area contributed by atoms with Crippen molar-refractivity contribution in [3.63, 3.8) is 0 Å². The first-order valence-corrected chi connectivity index (χ1v) is 9.79. The zero-order valence-electron chi connectivity index (χ0n) is 14.4. The smallest absolute Gasteiger partial charge is 0.0357 e. The van der Waals surface area contributed by atoms with E-state index in [0.29, 0.717) is 12.1 Å². The lowest BCUT2D eigenvalue weighted by atomic mass is 9.75. The molecule has 0 amide bonds. The van der Waals surface area contributed by atoms with Crippen molar-refractivity contribution in [3.05, 3.63) is 71.8 Å². The van der Waals surface area contributed by atoms with Crippen LogP contribution in [0.5, 0.6) is 0 Å². The van der Waals surface area contributed by atoms with Crippen molar-refractivity contribution in [1.82, 2.24) is 4.90 Å². The van der Waals surface area contributed by atoms with Gasteiger partial charge in [-0.05, 0) is 61.5 Å². The molecule has 2 aliphatic heterocycles. The molecular weight excluding hydrogens is 290 g/mol. The Bertz CT molecular complexity index is 620. The summed E-state index contributed by atoms with van der Waals surface area (Å²) in [6, 6.07) is 24.6. The van der Waals surface area contributed by atoms with Crippen molar-refractivity contribution < 1.29 is 0 Å². The first-order chi connectivity index (χ1) is 11.9. The highest BCUT2D eigenvalue weighted by atomic mass is 15.2. The van der Waals surface area contributed by atoms with E-state index in [4.69, 9.17) is 0 Å². The highest BCUT2D eigenvalue weighted by molar-refractivity contribution is 5.26. The molecule has 5 atom stereocenters. The fraction of sp³-hybridized carbons (Fsp3) is 0.478. The second kappa shape index (κ2) is 6.04. The molecule has 24 heavy (non-hydrogen) atoms. The average molecular weight is 317 g/mol. The number of nitrogens with zero attached hydrogens (tertiary/aromatic N) is 1. The molecule has 0 aromatic heterocycles. The van der Waals surface area contributed by atoms with E-state index in [1.54, 1.807) is 0 Å².